The van der Waals surface area contributed by atoms with E-state index in [2.05, 4.69) is 25.6 Å². The van der Waals surface area contributed by atoms with Crippen LogP contribution in [0.15, 0.2) is 51.8 Å². The van der Waals surface area contributed by atoms with E-state index in [0.29, 0.717) is 15.3 Å². The van der Waals surface area contributed by atoms with Crippen LogP contribution in [-0.2, 0) is 10.0 Å². The second-order valence-electron chi connectivity index (χ2n) is 4.28. The summed E-state index contributed by atoms with van der Waals surface area (Å²) in [6.07, 6.45) is 0. The molecule has 0 atom stereocenters. The summed E-state index contributed by atoms with van der Waals surface area (Å²) in [4.78, 5) is 4.34. The summed E-state index contributed by atoms with van der Waals surface area (Å²) in [7, 11) is -3.74. The summed E-state index contributed by atoms with van der Waals surface area (Å²) in [5.74, 6) is 0. The first-order valence-electron chi connectivity index (χ1n) is 5.89. The number of thiazole rings is 1. The van der Waals surface area contributed by atoms with E-state index in [4.69, 9.17) is 5.73 Å². The average molecular weight is 384 g/mol. The van der Waals surface area contributed by atoms with Gasteiger partial charge in [0.05, 0.1) is 10.2 Å². The quantitative estimate of drug-likeness (QED) is 0.678. The molecule has 2 aromatic carbocycles. The highest BCUT2D eigenvalue weighted by molar-refractivity contribution is 9.10. The van der Waals surface area contributed by atoms with Crippen LogP contribution >= 0.6 is 27.3 Å². The van der Waals surface area contributed by atoms with Crippen molar-refractivity contribution in [1.82, 2.24) is 4.98 Å². The van der Waals surface area contributed by atoms with Gasteiger partial charge in [-0.25, -0.2) is 13.4 Å². The Morgan fingerprint density at radius 1 is 1.19 bits per heavy atom. The molecule has 108 valence electrons. The Morgan fingerprint density at radius 2 is 1.95 bits per heavy atom. The summed E-state index contributed by atoms with van der Waals surface area (Å²) < 4.78 is 28.7. The molecule has 8 heteroatoms. The van der Waals surface area contributed by atoms with Crippen LogP contribution in [0.4, 0.5) is 10.8 Å². The lowest BCUT2D eigenvalue weighted by Gasteiger charge is -2.07. The Kier molecular flexibility index (Phi) is 3.60. The number of sulfonamides is 1. The first-order chi connectivity index (χ1) is 9.95. The lowest BCUT2D eigenvalue weighted by atomic mass is 10.3. The van der Waals surface area contributed by atoms with E-state index in [1.54, 1.807) is 12.1 Å². The molecule has 0 unspecified atom stereocenters. The number of hydrogen-bond donors (Lipinski definition) is 2. The van der Waals surface area contributed by atoms with E-state index in [0.717, 1.165) is 10.2 Å². The monoisotopic (exact) mass is 383 g/mol. The molecule has 1 heterocycles. The van der Waals surface area contributed by atoms with Crippen molar-refractivity contribution in [3.8, 4) is 0 Å². The van der Waals surface area contributed by atoms with Gasteiger partial charge in [-0.1, -0.05) is 23.5 Å². The molecule has 0 aliphatic rings. The second kappa shape index (κ2) is 5.28. The van der Waals surface area contributed by atoms with Gasteiger partial charge in [0.2, 0.25) is 0 Å². The van der Waals surface area contributed by atoms with E-state index in [9.17, 15) is 8.42 Å². The predicted molar refractivity (Wildman–Crippen MR) is 89.0 cm³/mol. The molecule has 1 aromatic heterocycles. The Bertz CT molecular complexity index is 889. The van der Waals surface area contributed by atoms with Crippen molar-refractivity contribution in [2.24, 2.45) is 0 Å². The zero-order chi connectivity index (χ0) is 15.0. The lowest BCUT2D eigenvalue weighted by molar-refractivity contribution is 0.601. The fourth-order valence-corrected chi connectivity index (χ4v) is 4.91. The third-order valence-electron chi connectivity index (χ3n) is 2.76. The average Bonchev–Trinajstić information content (AvgIpc) is 2.82. The lowest BCUT2D eigenvalue weighted by Crippen LogP contribution is -2.13. The molecule has 3 N–H and O–H groups in total. The van der Waals surface area contributed by atoms with Crippen LogP contribution in [-0.4, -0.2) is 13.4 Å². The first-order valence-corrected chi connectivity index (χ1v) is 8.98. The Balaban J connectivity index is 2.01. The molecule has 0 aliphatic carbocycles. The number of para-hydroxylation sites is 1. The van der Waals surface area contributed by atoms with Gasteiger partial charge >= 0.3 is 0 Å². The maximum absolute atomic E-state index is 12.4. The highest BCUT2D eigenvalue weighted by Crippen LogP contribution is 2.30. The van der Waals surface area contributed by atoms with Gasteiger partial charge in [-0.2, -0.15) is 0 Å². The zero-order valence-electron chi connectivity index (χ0n) is 10.6. The fourth-order valence-electron chi connectivity index (χ4n) is 1.81. The van der Waals surface area contributed by atoms with Crippen LogP contribution in [0.5, 0.6) is 0 Å². The van der Waals surface area contributed by atoms with Gasteiger partial charge in [-0.15, -0.1) is 0 Å². The van der Waals surface area contributed by atoms with Crippen molar-refractivity contribution in [1.29, 1.82) is 0 Å². The maximum atomic E-state index is 12.4. The minimum atomic E-state index is -3.74. The van der Waals surface area contributed by atoms with E-state index >= 15 is 0 Å². The molecule has 0 radical (unpaired) electrons. The summed E-state index contributed by atoms with van der Waals surface area (Å²) in [6, 6.07) is 12.1. The highest BCUT2D eigenvalue weighted by Gasteiger charge is 2.19. The summed E-state index contributed by atoms with van der Waals surface area (Å²) in [5, 5.41) is 0.325. The number of benzene rings is 2. The molecule has 3 rings (SSSR count). The van der Waals surface area contributed by atoms with Gasteiger partial charge in [0.1, 0.15) is 4.90 Å². The van der Waals surface area contributed by atoms with Crippen molar-refractivity contribution in [3.63, 3.8) is 0 Å². The Morgan fingerprint density at radius 3 is 2.71 bits per heavy atom. The summed E-state index contributed by atoms with van der Waals surface area (Å²) in [5.41, 5.74) is 6.79. The van der Waals surface area contributed by atoms with Crippen LogP contribution in [0.2, 0.25) is 0 Å². The van der Waals surface area contributed by atoms with Crippen LogP contribution in [0.25, 0.3) is 10.2 Å². The van der Waals surface area contributed by atoms with Crippen LogP contribution in [0, 0.1) is 0 Å². The number of rotatable bonds is 3. The SMILES string of the molecule is Nc1ccc(Br)c(S(=O)(=O)Nc2nc3ccccc3s2)c1. The Hall–Kier alpha value is -1.64. The second-order valence-corrected chi connectivity index (χ2v) is 7.82. The molecular weight excluding hydrogens is 374 g/mol. The molecule has 0 saturated heterocycles. The van der Waals surface area contributed by atoms with Crippen molar-refractivity contribution in [3.05, 3.63) is 46.9 Å². The number of aromatic nitrogens is 1. The van der Waals surface area contributed by atoms with E-state index in [1.165, 1.54) is 17.4 Å². The van der Waals surface area contributed by atoms with E-state index < -0.39 is 10.0 Å². The van der Waals surface area contributed by atoms with Crippen LogP contribution in [0.3, 0.4) is 0 Å². The highest BCUT2D eigenvalue weighted by atomic mass is 79.9. The van der Waals surface area contributed by atoms with Gasteiger partial charge < -0.3 is 5.73 Å². The smallest absolute Gasteiger partial charge is 0.264 e. The number of anilines is 2. The molecule has 0 amide bonds. The molecule has 0 bridgehead atoms. The molecule has 5 nitrogen and oxygen atoms in total. The van der Waals surface area contributed by atoms with Crippen molar-refractivity contribution >= 4 is 58.3 Å². The standard InChI is InChI=1S/C13H10BrN3O2S2/c14-9-6-5-8(15)7-12(9)21(18,19)17-13-16-10-3-1-2-4-11(10)20-13/h1-7H,15H2,(H,16,17). The largest absolute Gasteiger partial charge is 0.399 e. The third kappa shape index (κ3) is 2.87. The van der Waals surface area contributed by atoms with Gasteiger partial charge in [-0.3, -0.25) is 4.72 Å². The van der Waals surface area contributed by atoms with Crippen LogP contribution in [0.1, 0.15) is 0 Å². The maximum Gasteiger partial charge on any atom is 0.264 e. The number of nitrogens with zero attached hydrogens (tertiary/aromatic N) is 1. The van der Waals surface area contributed by atoms with Crippen LogP contribution < -0.4 is 10.5 Å². The number of nitrogens with one attached hydrogen (secondary N) is 1. The normalized spacial score (nSPS) is 11.7. The molecule has 0 saturated carbocycles. The van der Waals surface area contributed by atoms with Crippen molar-refractivity contribution in [2.45, 2.75) is 4.90 Å². The van der Waals surface area contributed by atoms with E-state index in [1.807, 2.05) is 24.3 Å². The zero-order valence-corrected chi connectivity index (χ0v) is 13.8. The number of nitrogens with two attached hydrogens (primary N) is 1. The number of halogens is 1. The first kappa shape index (κ1) is 14.3. The fraction of sp³-hybridized carbons (Fsp3) is 0. The molecule has 0 spiro atoms. The number of hydrogen-bond acceptors (Lipinski definition) is 5. The van der Waals surface area contributed by atoms with Gasteiger partial charge in [0.25, 0.3) is 10.0 Å². The number of fused-ring (bicyclic) bond motifs is 1. The topological polar surface area (TPSA) is 85.1 Å². The molecule has 21 heavy (non-hydrogen) atoms. The Labute approximate surface area is 134 Å². The minimum absolute atomic E-state index is 0.0850. The predicted octanol–water partition coefficient (Wildman–Crippen LogP) is 3.44. The molecule has 0 aliphatic heterocycles. The van der Waals surface area contributed by atoms with Crippen molar-refractivity contribution < 1.29 is 8.42 Å². The van der Waals surface area contributed by atoms with Crippen molar-refractivity contribution in [2.75, 3.05) is 10.5 Å². The van der Waals surface area contributed by atoms with Gasteiger partial charge in [-0.05, 0) is 46.3 Å². The molecule has 0 fully saturated rings. The van der Waals surface area contributed by atoms with E-state index in [-0.39, 0.29) is 4.90 Å². The molecular formula is C13H10BrN3O2S2. The summed E-state index contributed by atoms with van der Waals surface area (Å²) >= 11 is 4.50. The van der Waals surface area contributed by atoms with Gasteiger partial charge in [0, 0.05) is 10.2 Å². The minimum Gasteiger partial charge on any atom is -0.399 e. The van der Waals surface area contributed by atoms with Gasteiger partial charge in [0.15, 0.2) is 5.13 Å². The third-order valence-corrected chi connectivity index (χ3v) is 6.17. The molecule has 3 aromatic rings. The summed E-state index contributed by atoms with van der Waals surface area (Å²) in [6.45, 7) is 0. The number of nitrogen functional groups attached to an aromatic ring is 1.